The molecule has 21 heavy (non-hydrogen) atoms. The summed E-state index contributed by atoms with van der Waals surface area (Å²) in [5.41, 5.74) is 1.01. The van der Waals surface area contributed by atoms with Gasteiger partial charge in [-0.25, -0.2) is 0 Å². The predicted molar refractivity (Wildman–Crippen MR) is 84.1 cm³/mol. The van der Waals surface area contributed by atoms with Crippen molar-refractivity contribution in [3.8, 4) is 0 Å². The summed E-state index contributed by atoms with van der Waals surface area (Å²) in [6, 6.07) is 10.1. The Labute approximate surface area is 128 Å². The lowest BCUT2D eigenvalue weighted by Crippen LogP contribution is -2.45. The zero-order chi connectivity index (χ0) is 15.1. The number of ether oxygens (including phenoxy) is 3. The van der Waals surface area contributed by atoms with Crippen LogP contribution in [0.2, 0.25) is 0 Å². The number of unbranched alkanes of at least 4 members (excludes halogenated alkanes) is 2. The van der Waals surface area contributed by atoms with E-state index >= 15 is 0 Å². The van der Waals surface area contributed by atoms with Crippen LogP contribution >= 0.6 is 0 Å². The van der Waals surface area contributed by atoms with E-state index < -0.39 is 0 Å². The Kier molecular flexibility index (Phi) is 6.22. The van der Waals surface area contributed by atoms with Crippen LogP contribution in [0.3, 0.4) is 0 Å². The highest BCUT2D eigenvalue weighted by Crippen LogP contribution is 2.35. The molecule has 1 aromatic rings. The van der Waals surface area contributed by atoms with Crippen molar-refractivity contribution in [3.63, 3.8) is 0 Å². The first kappa shape index (κ1) is 16.5. The van der Waals surface area contributed by atoms with E-state index in [1.807, 2.05) is 30.3 Å². The predicted octanol–water partition coefficient (Wildman–Crippen LogP) is 4.33. The van der Waals surface area contributed by atoms with Gasteiger partial charge in [0.05, 0.1) is 19.3 Å². The molecular formula is C18H28O3. The van der Waals surface area contributed by atoms with Gasteiger partial charge < -0.3 is 14.2 Å². The van der Waals surface area contributed by atoms with E-state index in [0.717, 1.165) is 18.6 Å². The quantitative estimate of drug-likeness (QED) is 0.700. The number of rotatable bonds is 7. The third-order valence-electron chi connectivity index (χ3n) is 4.30. The number of hydrogen-bond acceptors (Lipinski definition) is 3. The highest BCUT2D eigenvalue weighted by Gasteiger charge is 2.38. The summed E-state index contributed by atoms with van der Waals surface area (Å²) >= 11 is 0. The van der Waals surface area contributed by atoms with Crippen molar-refractivity contribution in [2.75, 3.05) is 19.8 Å². The van der Waals surface area contributed by atoms with E-state index in [1.54, 1.807) is 0 Å². The molecule has 0 radical (unpaired) electrons. The Bertz CT molecular complexity index is 396. The van der Waals surface area contributed by atoms with Crippen LogP contribution in [0.1, 0.15) is 51.9 Å². The van der Waals surface area contributed by atoms with E-state index in [4.69, 9.17) is 14.2 Å². The minimum absolute atomic E-state index is 0.0719. The highest BCUT2D eigenvalue weighted by atomic mass is 16.7. The van der Waals surface area contributed by atoms with Crippen LogP contribution in [-0.2, 0) is 14.2 Å². The summed E-state index contributed by atoms with van der Waals surface area (Å²) in [6.45, 7) is 8.67. The Hall–Kier alpha value is -0.900. The summed E-state index contributed by atoms with van der Waals surface area (Å²) < 4.78 is 17.8. The monoisotopic (exact) mass is 292 g/mol. The maximum Gasteiger partial charge on any atom is 0.183 e. The standard InChI is InChI=1S/C18H28O3/c1-4-5-9-12-19-15(2)18(3)13-20-17(21-14-18)16-10-7-6-8-11-16/h6-8,10-11,15,17H,4-5,9,12-14H2,1-3H3. The fourth-order valence-corrected chi connectivity index (χ4v) is 2.47. The van der Waals surface area contributed by atoms with Gasteiger partial charge in [0.15, 0.2) is 6.29 Å². The lowest BCUT2D eigenvalue weighted by atomic mass is 9.86. The van der Waals surface area contributed by atoms with Crippen LogP contribution in [0.5, 0.6) is 0 Å². The van der Waals surface area contributed by atoms with Crippen molar-refractivity contribution in [2.45, 2.75) is 52.4 Å². The zero-order valence-electron chi connectivity index (χ0n) is 13.5. The molecule has 0 aliphatic carbocycles. The molecule has 1 saturated heterocycles. The van der Waals surface area contributed by atoms with Crippen LogP contribution < -0.4 is 0 Å². The average molecular weight is 292 g/mol. The molecule has 3 nitrogen and oxygen atoms in total. The number of benzene rings is 1. The Morgan fingerprint density at radius 3 is 2.48 bits per heavy atom. The van der Waals surface area contributed by atoms with Crippen molar-refractivity contribution in [1.82, 2.24) is 0 Å². The molecule has 0 amide bonds. The summed E-state index contributed by atoms with van der Waals surface area (Å²) in [5.74, 6) is 0. The third-order valence-corrected chi connectivity index (χ3v) is 4.30. The first-order valence-electron chi connectivity index (χ1n) is 8.05. The molecule has 0 N–H and O–H groups in total. The van der Waals surface area contributed by atoms with E-state index in [1.165, 1.54) is 12.8 Å². The van der Waals surface area contributed by atoms with Gasteiger partial charge in [0.2, 0.25) is 0 Å². The van der Waals surface area contributed by atoms with Crippen LogP contribution in [0.4, 0.5) is 0 Å². The van der Waals surface area contributed by atoms with Gasteiger partial charge in [-0.15, -0.1) is 0 Å². The van der Waals surface area contributed by atoms with Gasteiger partial charge in [-0.2, -0.15) is 0 Å². The Morgan fingerprint density at radius 2 is 1.86 bits per heavy atom. The Morgan fingerprint density at radius 1 is 1.19 bits per heavy atom. The molecule has 3 heteroatoms. The molecule has 0 saturated carbocycles. The summed E-state index contributed by atoms with van der Waals surface area (Å²) in [4.78, 5) is 0. The van der Waals surface area contributed by atoms with Gasteiger partial charge in [0, 0.05) is 17.6 Å². The molecule has 0 spiro atoms. The van der Waals surface area contributed by atoms with E-state index in [2.05, 4.69) is 20.8 Å². The second-order valence-corrected chi connectivity index (χ2v) is 6.24. The summed E-state index contributed by atoms with van der Waals surface area (Å²) in [6.07, 6.45) is 3.48. The summed E-state index contributed by atoms with van der Waals surface area (Å²) in [5, 5.41) is 0. The second kappa shape index (κ2) is 7.92. The third kappa shape index (κ3) is 4.53. The average Bonchev–Trinajstić information content (AvgIpc) is 2.53. The highest BCUT2D eigenvalue weighted by molar-refractivity contribution is 5.16. The maximum absolute atomic E-state index is 5.97. The molecule has 118 valence electrons. The second-order valence-electron chi connectivity index (χ2n) is 6.24. The molecule has 1 atom stereocenters. The molecule has 1 aromatic carbocycles. The minimum Gasteiger partial charge on any atom is -0.378 e. The van der Waals surface area contributed by atoms with Crippen molar-refractivity contribution in [1.29, 1.82) is 0 Å². The lowest BCUT2D eigenvalue weighted by molar-refractivity contribution is -0.252. The van der Waals surface area contributed by atoms with Gasteiger partial charge in [0.25, 0.3) is 0 Å². The van der Waals surface area contributed by atoms with Gasteiger partial charge in [-0.3, -0.25) is 0 Å². The molecule has 0 bridgehead atoms. The fourth-order valence-electron chi connectivity index (χ4n) is 2.47. The largest absolute Gasteiger partial charge is 0.378 e. The number of hydrogen-bond donors (Lipinski definition) is 0. The molecule has 0 aromatic heterocycles. The smallest absolute Gasteiger partial charge is 0.183 e. The topological polar surface area (TPSA) is 27.7 Å². The minimum atomic E-state index is -0.244. The normalized spacial score (nSPS) is 27.5. The van der Waals surface area contributed by atoms with Crippen LogP contribution in [0.15, 0.2) is 30.3 Å². The maximum atomic E-state index is 5.97. The van der Waals surface area contributed by atoms with Crippen LogP contribution in [0, 0.1) is 5.41 Å². The lowest BCUT2D eigenvalue weighted by Gasteiger charge is -2.41. The van der Waals surface area contributed by atoms with Crippen molar-refractivity contribution >= 4 is 0 Å². The van der Waals surface area contributed by atoms with Crippen molar-refractivity contribution in [2.24, 2.45) is 5.41 Å². The van der Waals surface area contributed by atoms with E-state index in [9.17, 15) is 0 Å². The molecule has 1 heterocycles. The van der Waals surface area contributed by atoms with Crippen molar-refractivity contribution in [3.05, 3.63) is 35.9 Å². The zero-order valence-corrected chi connectivity index (χ0v) is 13.5. The van der Waals surface area contributed by atoms with E-state index in [0.29, 0.717) is 13.2 Å². The molecule has 1 aliphatic heterocycles. The van der Waals surface area contributed by atoms with Crippen LogP contribution in [-0.4, -0.2) is 25.9 Å². The van der Waals surface area contributed by atoms with Crippen molar-refractivity contribution < 1.29 is 14.2 Å². The van der Waals surface area contributed by atoms with Gasteiger partial charge >= 0.3 is 0 Å². The van der Waals surface area contributed by atoms with E-state index in [-0.39, 0.29) is 17.8 Å². The summed E-state index contributed by atoms with van der Waals surface area (Å²) in [7, 11) is 0. The molecular weight excluding hydrogens is 264 g/mol. The van der Waals surface area contributed by atoms with Gasteiger partial charge in [-0.05, 0) is 13.3 Å². The Balaban J connectivity index is 1.81. The van der Waals surface area contributed by atoms with Gasteiger partial charge in [-0.1, -0.05) is 57.0 Å². The fraction of sp³-hybridized carbons (Fsp3) is 0.667. The first-order chi connectivity index (χ1) is 10.2. The van der Waals surface area contributed by atoms with Gasteiger partial charge in [0.1, 0.15) is 0 Å². The van der Waals surface area contributed by atoms with Crippen LogP contribution in [0.25, 0.3) is 0 Å². The molecule has 1 fully saturated rings. The molecule has 2 rings (SSSR count). The molecule has 1 aliphatic rings. The first-order valence-corrected chi connectivity index (χ1v) is 8.05. The SMILES string of the molecule is CCCCCOC(C)C1(C)COC(c2ccccc2)OC1. The molecule has 1 unspecified atom stereocenters.